The number of nitrogens with two attached hydrogens (primary N) is 1. The summed E-state index contributed by atoms with van der Waals surface area (Å²) in [4.78, 5) is 11.4. The van der Waals surface area contributed by atoms with Gasteiger partial charge in [-0.15, -0.1) is 12.4 Å². The lowest BCUT2D eigenvalue weighted by atomic mass is 10.1. The summed E-state index contributed by atoms with van der Waals surface area (Å²) in [7, 11) is 0. The molecule has 5 heteroatoms. The zero-order chi connectivity index (χ0) is 12.7. The number of hydrogen-bond acceptors (Lipinski definition) is 2. The average molecular weight is 291 g/mol. The summed E-state index contributed by atoms with van der Waals surface area (Å²) in [6, 6.07) is 7.74. The lowest BCUT2D eigenvalue weighted by Crippen LogP contribution is -2.27. The van der Waals surface area contributed by atoms with Crippen molar-refractivity contribution in [1.29, 1.82) is 0 Å². The summed E-state index contributed by atoms with van der Waals surface area (Å²) in [6.45, 7) is 2.54. The first-order valence-electron chi connectivity index (χ1n) is 5.84. The maximum Gasteiger partial charge on any atom is 0.220 e. The van der Waals surface area contributed by atoms with Gasteiger partial charge < -0.3 is 11.1 Å². The molecule has 1 unspecified atom stereocenters. The lowest BCUT2D eigenvalue weighted by molar-refractivity contribution is -0.121. The van der Waals surface area contributed by atoms with Gasteiger partial charge in [0.25, 0.3) is 0 Å². The van der Waals surface area contributed by atoms with Crippen molar-refractivity contribution in [3.05, 3.63) is 34.9 Å². The standard InChI is InChI=1S/C13H19ClN2O.ClH/c1-10(15)5-6-13(17)16-8-7-11-3-2-4-12(14)9-11;/h2-4,9-10H,5-8,15H2,1H3,(H,16,17);1H. The van der Waals surface area contributed by atoms with Gasteiger partial charge in [0.1, 0.15) is 0 Å². The van der Waals surface area contributed by atoms with Gasteiger partial charge in [-0.3, -0.25) is 4.79 Å². The summed E-state index contributed by atoms with van der Waals surface area (Å²) in [5, 5.41) is 3.60. The fourth-order valence-electron chi connectivity index (χ4n) is 1.49. The van der Waals surface area contributed by atoms with E-state index in [2.05, 4.69) is 5.32 Å². The van der Waals surface area contributed by atoms with Crippen LogP contribution in [0.5, 0.6) is 0 Å². The molecule has 0 saturated heterocycles. The van der Waals surface area contributed by atoms with E-state index in [0.29, 0.717) is 13.0 Å². The van der Waals surface area contributed by atoms with E-state index in [-0.39, 0.29) is 24.4 Å². The van der Waals surface area contributed by atoms with Crippen molar-refractivity contribution in [2.75, 3.05) is 6.54 Å². The highest BCUT2D eigenvalue weighted by atomic mass is 35.5. The Morgan fingerprint density at radius 1 is 1.50 bits per heavy atom. The summed E-state index contributed by atoms with van der Waals surface area (Å²) in [5.41, 5.74) is 6.71. The Hall–Kier alpha value is -0.770. The van der Waals surface area contributed by atoms with Crippen LogP contribution in [0, 0.1) is 0 Å². The summed E-state index contributed by atoms with van der Waals surface area (Å²) in [6.07, 6.45) is 2.01. The van der Waals surface area contributed by atoms with E-state index >= 15 is 0 Å². The van der Waals surface area contributed by atoms with Crippen LogP contribution in [0.25, 0.3) is 0 Å². The maximum absolute atomic E-state index is 11.4. The van der Waals surface area contributed by atoms with Crippen LogP contribution >= 0.6 is 24.0 Å². The molecular weight excluding hydrogens is 271 g/mol. The molecule has 0 radical (unpaired) electrons. The first-order chi connectivity index (χ1) is 8.08. The van der Waals surface area contributed by atoms with Crippen LogP contribution in [0.2, 0.25) is 5.02 Å². The topological polar surface area (TPSA) is 55.1 Å². The number of benzene rings is 1. The van der Waals surface area contributed by atoms with Gasteiger partial charge in [-0.05, 0) is 37.5 Å². The van der Waals surface area contributed by atoms with E-state index in [4.69, 9.17) is 17.3 Å². The molecule has 0 bridgehead atoms. The van der Waals surface area contributed by atoms with Crippen LogP contribution < -0.4 is 11.1 Å². The highest BCUT2D eigenvalue weighted by Crippen LogP contribution is 2.10. The van der Waals surface area contributed by atoms with E-state index in [9.17, 15) is 4.79 Å². The van der Waals surface area contributed by atoms with E-state index in [0.717, 1.165) is 23.4 Å². The van der Waals surface area contributed by atoms with Crippen LogP contribution in [0.1, 0.15) is 25.3 Å². The Morgan fingerprint density at radius 2 is 2.22 bits per heavy atom. The fourth-order valence-corrected chi connectivity index (χ4v) is 1.70. The van der Waals surface area contributed by atoms with E-state index < -0.39 is 0 Å². The Bertz CT molecular complexity index is 370. The minimum absolute atomic E-state index is 0. The smallest absolute Gasteiger partial charge is 0.220 e. The summed E-state index contributed by atoms with van der Waals surface area (Å²) >= 11 is 5.87. The van der Waals surface area contributed by atoms with Crippen LogP contribution in [-0.2, 0) is 11.2 Å². The van der Waals surface area contributed by atoms with Crippen molar-refractivity contribution < 1.29 is 4.79 Å². The van der Waals surface area contributed by atoms with Crippen LogP contribution in [0.15, 0.2) is 24.3 Å². The highest BCUT2D eigenvalue weighted by molar-refractivity contribution is 6.30. The number of amides is 1. The molecule has 0 aliphatic carbocycles. The number of carbonyl (C=O) groups is 1. The maximum atomic E-state index is 11.4. The van der Waals surface area contributed by atoms with Crippen molar-refractivity contribution in [2.24, 2.45) is 5.73 Å². The fraction of sp³-hybridized carbons (Fsp3) is 0.462. The zero-order valence-electron chi connectivity index (χ0n) is 10.5. The zero-order valence-corrected chi connectivity index (χ0v) is 12.1. The molecule has 0 fully saturated rings. The van der Waals surface area contributed by atoms with Gasteiger partial charge in [-0.1, -0.05) is 23.7 Å². The molecule has 0 aliphatic rings. The number of carbonyl (C=O) groups excluding carboxylic acids is 1. The van der Waals surface area contributed by atoms with Gasteiger partial charge in [-0.2, -0.15) is 0 Å². The third-order valence-corrected chi connectivity index (χ3v) is 2.69. The molecule has 1 amide bonds. The number of nitrogens with one attached hydrogen (secondary N) is 1. The Kier molecular flexibility index (Phi) is 8.81. The third-order valence-electron chi connectivity index (χ3n) is 2.45. The summed E-state index contributed by atoms with van der Waals surface area (Å²) < 4.78 is 0. The average Bonchev–Trinajstić information content (AvgIpc) is 2.26. The van der Waals surface area contributed by atoms with Crippen molar-refractivity contribution in [2.45, 2.75) is 32.2 Å². The van der Waals surface area contributed by atoms with Crippen molar-refractivity contribution in [1.82, 2.24) is 5.32 Å². The molecule has 3 nitrogen and oxygen atoms in total. The number of hydrogen-bond donors (Lipinski definition) is 2. The third kappa shape index (κ3) is 7.54. The molecule has 3 N–H and O–H groups in total. The number of halogens is 2. The molecule has 102 valence electrons. The minimum atomic E-state index is 0. The van der Waals surface area contributed by atoms with Crippen molar-refractivity contribution in [3.63, 3.8) is 0 Å². The first kappa shape index (κ1) is 17.2. The van der Waals surface area contributed by atoms with Gasteiger partial charge in [0, 0.05) is 24.0 Å². The molecule has 1 rings (SSSR count). The Morgan fingerprint density at radius 3 is 2.83 bits per heavy atom. The SMILES string of the molecule is CC(N)CCC(=O)NCCc1cccc(Cl)c1.Cl. The largest absolute Gasteiger partial charge is 0.356 e. The molecule has 0 saturated carbocycles. The van der Waals surface area contributed by atoms with Gasteiger partial charge in [0.05, 0.1) is 0 Å². The lowest BCUT2D eigenvalue weighted by Gasteiger charge is -2.07. The van der Waals surface area contributed by atoms with Gasteiger partial charge in [0.15, 0.2) is 0 Å². The molecule has 0 spiro atoms. The van der Waals surface area contributed by atoms with Crippen LogP contribution in [-0.4, -0.2) is 18.5 Å². The van der Waals surface area contributed by atoms with E-state index in [1.54, 1.807) is 0 Å². The second-order valence-corrected chi connectivity index (χ2v) is 4.68. The molecular formula is C13H20Cl2N2O. The van der Waals surface area contributed by atoms with E-state index in [1.165, 1.54) is 0 Å². The molecule has 1 aromatic rings. The molecule has 18 heavy (non-hydrogen) atoms. The Balaban J connectivity index is 0.00000289. The van der Waals surface area contributed by atoms with Crippen molar-refractivity contribution >= 4 is 29.9 Å². The predicted octanol–water partition coefficient (Wildman–Crippen LogP) is 2.55. The first-order valence-corrected chi connectivity index (χ1v) is 6.22. The van der Waals surface area contributed by atoms with Gasteiger partial charge in [-0.25, -0.2) is 0 Å². The van der Waals surface area contributed by atoms with Crippen LogP contribution in [0.3, 0.4) is 0 Å². The van der Waals surface area contributed by atoms with E-state index in [1.807, 2.05) is 31.2 Å². The van der Waals surface area contributed by atoms with Gasteiger partial charge in [0.2, 0.25) is 5.91 Å². The van der Waals surface area contributed by atoms with Gasteiger partial charge >= 0.3 is 0 Å². The molecule has 1 aromatic carbocycles. The number of rotatable bonds is 6. The normalized spacial score (nSPS) is 11.5. The molecule has 0 heterocycles. The van der Waals surface area contributed by atoms with Crippen LogP contribution in [0.4, 0.5) is 0 Å². The highest BCUT2D eigenvalue weighted by Gasteiger charge is 2.03. The second kappa shape index (κ2) is 9.20. The molecule has 0 aromatic heterocycles. The quantitative estimate of drug-likeness (QED) is 0.846. The molecule has 1 atom stereocenters. The summed E-state index contributed by atoms with van der Waals surface area (Å²) in [5.74, 6) is 0.0596. The minimum Gasteiger partial charge on any atom is -0.356 e. The van der Waals surface area contributed by atoms with Crippen molar-refractivity contribution in [3.8, 4) is 0 Å². The second-order valence-electron chi connectivity index (χ2n) is 4.25. The molecule has 0 aliphatic heterocycles. The Labute approximate surface area is 119 Å². The monoisotopic (exact) mass is 290 g/mol. The predicted molar refractivity (Wildman–Crippen MR) is 78.3 cm³/mol.